The van der Waals surface area contributed by atoms with Crippen molar-refractivity contribution < 1.29 is 40.6 Å². The lowest BCUT2D eigenvalue weighted by atomic mass is 9.95. The van der Waals surface area contributed by atoms with Crippen molar-refractivity contribution in [1.29, 1.82) is 0 Å². The van der Waals surface area contributed by atoms with Crippen LogP contribution in [0.3, 0.4) is 0 Å². The van der Waals surface area contributed by atoms with Gasteiger partial charge in [-0.05, 0) is 25.8 Å². The molecule has 3 aliphatic heterocycles. The molecule has 2 saturated heterocycles. The largest absolute Gasteiger partial charge is 0.488 e. The Kier molecular flexibility index (Phi) is 7.31. The molecular weight excluding hydrogens is 550 g/mol. The summed E-state index contributed by atoms with van der Waals surface area (Å²) < 4.78 is 90.3. The smallest absolute Gasteiger partial charge is 0.423 e. The average Bonchev–Trinajstić information content (AvgIpc) is 3.25. The standard InChI is InChI=1S/C24H26F6N6O4/c1-12(33-16-9-32-34-21(37)19(16)24(28,29)30)10-39-17-3-5-36(22(17)38)14-2-4-35-15(7-14)11-40-18-6-13(23(25,26)27)8-31-20(18)35/h6,8-9,12,14-15,17H,2-5,7,10-11H2,1H3,(H2,33,34,37)/t12-,14?,15-,17+/m0/s1. The van der Waals surface area contributed by atoms with Crippen molar-refractivity contribution >= 4 is 17.4 Å². The molecule has 0 aromatic carbocycles. The van der Waals surface area contributed by atoms with E-state index in [1.165, 1.54) is 0 Å². The summed E-state index contributed by atoms with van der Waals surface area (Å²) >= 11 is 0. The van der Waals surface area contributed by atoms with Crippen molar-refractivity contribution in [1.82, 2.24) is 20.1 Å². The Balaban J connectivity index is 1.16. The summed E-state index contributed by atoms with van der Waals surface area (Å²) in [5.41, 5.74) is -4.13. The number of carbonyl (C=O) groups excluding carboxylic acids is 1. The highest BCUT2D eigenvalue weighted by atomic mass is 19.4. The highest BCUT2D eigenvalue weighted by molar-refractivity contribution is 5.83. The molecule has 40 heavy (non-hydrogen) atoms. The number of ether oxygens (including phenoxy) is 2. The molecule has 218 valence electrons. The van der Waals surface area contributed by atoms with E-state index in [-0.39, 0.29) is 37.0 Å². The van der Waals surface area contributed by atoms with E-state index in [9.17, 15) is 35.9 Å². The molecule has 1 unspecified atom stereocenters. The van der Waals surface area contributed by atoms with Crippen LogP contribution in [0.15, 0.2) is 23.3 Å². The molecule has 5 rings (SSSR count). The van der Waals surface area contributed by atoms with Gasteiger partial charge in [-0.2, -0.15) is 31.4 Å². The summed E-state index contributed by atoms with van der Waals surface area (Å²) in [5, 5.41) is 7.76. The second kappa shape index (κ2) is 10.4. The first-order chi connectivity index (χ1) is 18.8. The number of H-pyrrole nitrogens is 1. The maximum Gasteiger partial charge on any atom is 0.423 e. The van der Waals surface area contributed by atoms with Gasteiger partial charge in [-0.15, -0.1) is 0 Å². The number of carbonyl (C=O) groups is 1. The van der Waals surface area contributed by atoms with E-state index in [0.29, 0.717) is 38.2 Å². The van der Waals surface area contributed by atoms with E-state index >= 15 is 0 Å². The number of piperidine rings is 1. The zero-order chi connectivity index (χ0) is 28.8. The Morgan fingerprint density at radius 3 is 2.58 bits per heavy atom. The van der Waals surface area contributed by atoms with Crippen LogP contribution in [0.4, 0.5) is 37.8 Å². The fourth-order valence-corrected chi connectivity index (χ4v) is 5.40. The first-order valence-corrected chi connectivity index (χ1v) is 12.6. The second-order valence-electron chi connectivity index (χ2n) is 10.1. The minimum absolute atomic E-state index is 0.0798. The number of anilines is 2. The summed E-state index contributed by atoms with van der Waals surface area (Å²) in [6.45, 7) is 2.54. The summed E-state index contributed by atoms with van der Waals surface area (Å²) in [4.78, 5) is 32.4. The molecule has 0 bridgehead atoms. The van der Waals surface area contributed by atoms with Crippen LogP contribution < -0.4 is 20.5 Å². The van der Waals surface area contributed by atoms with E-state index in [1.54, 1.807) is 16.9 Å². The van der Waals surface area contributed by atoms with Gasteiger partial charge < -0.3 is 24.6 Å². The molecule has 0 radical (unpaired) electrons. The Morgan fingerprint density at radius 2 is 1.85 bits per heavy atom. The third-order valence-electron chi connectivity index (χ3n) is 7.27. The zero-order valence-electron chi connectivity index (χ0n) is 21.2. The van der Waals surface area contributed by atoms with Crippen LogP contribution in [0.5, 0.6) is 5.75 Å². The van der Waals surface area contributed by atoms with Crippen molar-refractivity contribution in [2.75, 3.05) is 36.5 Å². The number of nitrogens with one attached hydrogen (secondary N) is 2. The number of hydrogen-bond acceptors (Lipinski definition) is 8. The van der Waals surface area contributed by atoms with E-state index in [0.717, 1.165) is 18.5 Å². The van der Waals surface area contributed by atoms with E-state index in [2.05, 4.69) is 15.4 Å². The summed E-state index contributed by atoms with van der Waals surface area (Å²) in [6, 6.07) is -0.0191. The molecule has 0 aliphatic carbocycles. The van der Waals surface area contributed by atoms with Crippen molar-refractivity contribution in [3.8, 4) is 5.75 Å². The Bertz CT molecular complexity index is 1320. The minimum Gasteiger partial charge on any atom is -0.488 e. The van der Waals surface area contributed by atoms with Crippen LogP contribution in [0, 0.1) is 0 Å². The first-order valence-electron chi connectivity index (χ1n) is 12.6. The number of nitrogens with zero attached hydrogens (tertiary/aromatic N) is 4. The molecule has 10 nitrogen and oxygen atoms in total. The Morgan fingerprint density at radius 1 is 1.10 bits per heavy atom. The number of rotatable bonds is 6. The van der Waals surface area contributed by atoms with Crippen molar-refractivity contribution in [2.24, 2.45) is 0 Å². The third-order valence-corrected chi connectivity index (χ3v) is 7.27. The number of likely N-dealkylation sites (tertiary alicyclic amines) is 1. The third kappa shape index (κ3) is 5.53. The van der Waals surface area contributed by atoms with E-state index in [1.807, 2.05) is 4.90 Å². The summed E-state index contributed by atoms with van der Waals surface area (Å²) in [7, 11) is 0. The van der Waals surface area contributed by atoms with Gasteiger partial charge in [0, 0.05) is 37.8 Å². The summed E-state index contributed by atoms with van der Waals surface area (Å²) in [5.74, 6) is 0.197. The van der Waals surface area contributed by atoms with Crippen molar-refractivity contribution in [3.63, 3.8) is 0 Å². The molecule has 0 saturated carbocycles. The molecule has 16 heteroatoms. The topological polar surface area (TPSA) is 113 Å². The van der Waals surface area contributed by atoms with Gasteiger partial charge >= 0.3 is 12.4 Å². The number of pyridine rings is 1. The molecule has 5 heterocycles. The lowest BCUT2D eigenvalue weighted by Gasteiger charge is -2.45. The number of alkyl halides is 6. The van der Waals surface area contributed by atoms with Gasteiger partial charge in [0.15, 0.2) is 11.6 Å². The van der Waals surface area contributed by atoms with E-state index in [4.69, 9.17) is 9.47 Å². The Labute approximate surface area is 223 Å². The van der Waals surface area contributed by atoms with E-state index < -0.39 is 46.9 Å². The maximum atomic E-state index is 13.3. The van der Waals surface area contributed by atoms with Crippen LogP contribution in [0.1, 0.15) is 37.3 Å². The van der Waals surface area contributed by atoms with Crippen LogP contribution in [-0.4, -0.2) is 76.5 Å². The van der Waals surface area contributed by atoms with Crippen LogP contribution in [0.2, 0.25) is 0 Å². The molecular formula is C24H26F6N6O4. The van der Waals surface area contributed by atoms with Gasteiger partial charge in [0.1, 0.15) is 18.3 Å². The monoisotopic (exact) mass is 576 g/mol. The van der Waals surface area contributed by atoms with Gasteiger partial charge in [-0.3, -0.25) is 9.59 Å². The molecule has 0 spiro atoms. The Hall–Kier alpha value is -3.56. The SMILES string of the molecule is C[C@@H](CO[C@@H]1CCN(C2CCN3c4ncc(C(F)(F)F)cc4OC[C@@H]3C2)C1=O)Nc1cn[nH]c(=O)c1C(F)(F)F. The molecule has 2 fully saturated rings. The normalized spacial score (nSPS) is 23.9. The average molecular weight is 576 g/mol. The zero-order valence-corrected chi connectivity index (χ0v) is 21.2. The van der Waals surface area contributed by atoms with Crippen molar-refractivity contribution in [3.05, 3.63) is 39.9 Å². The molecule has 1 amide bonds. The second-order valence-corrected chi connectivity index (χ2v) is 10.1. The van der Waals surface area contributed by atoms with Gasteiger partial charge in [0.2, 0.25) is 0 Å². The van der Waals surface area contributed by atoms with Gasteiger partial charge in [0.05, 0.1) is 30.1 Å². The number of aromatic nitrogens is 3. The molecule has 2 N–H and O–H groups in total. The van der Waals surface area contributed by atoms with Gasteiger partial charge in [0.25, 0.3) is 11.5 Å². The molecule has 4 atom stereocenters. The predicted octanol–water partition coefficient (Wildman–Crippen LogP) is 3.05. The highest BCUT2D eigenvalue weighted by Gasteiger charge is 2.43. The van der Waals surface area contributed by atoms with Crippen LogP contribution in [0.25, 0.3) is 0 Å². The molecule has 2 aromatic heterocycles. The first kappa shape index (κ1) is 28.0. The van der Waals surface area contributed by atoms with Crippen molar-refractivity contribution in [2.45, 2.75) is 62.8 Å². The lowest BCUT2D eigenvalue weighted by molar-refractivity contribution is -0.140. The molecule has 3 aliphatic rings. The predicted molar refractivity (Wildman–Crippen MR) is 128 cm³/mol. The number of hydrogen-bond donors (Lipinski definition) is 2. The fraction of sp³-hybridized carbons (Fsp3) is 0.583. The number of halogens is 6. The molecule has 2 aromatic rings. The van der Waals surface area contributed by atoms with Crippen LogP contribution >= 0.6 is 0 Å². The quantitative estimate of drug-likeness (QED) is 0.505. The number of aromatic amines is 1. The highest BCUT2D eigenvalue weighted by Crippen LogP contribution is 2.40. The fourth-order valence-electron chi connectivity index (χ4n) is 5.40. The minimum atomic E-state index is -4.88. The van der Waals surface area contributed by atoms with Crippen LogP contribution in [-0.2, 0) is 21.9 Å². The van der Waals surface area contributed by atoms with Gasteiger partial charge in [-0.1, -0.05) is 0 Å². The summed E-state index contributed by atoms with van der Waals surface area (Å²) in [6.07, 6.45) is -7.02. The number of fused-ring (bicyclic) bond motifs is 3. The lowest BCUT2D eigenvalue weighted by Crippen LogP contribution is -2.54. The maximum absolute atomic E-state index is 13.3. The van der Waals surface area contributed by atoms with Gasteiger partial charge in [-0.25, -0.2) is 10.1 Å². The number of amides is 1.